The molecule has 0 amide bonds. The summed E-state index contributed by atoms with van der Waals surface area (Å²) in [5.41, 5.74) is 5.31. The van der Waals surface area contributed by atoms with Crippen molar-refractivity contribution in [3.63, 3.8) is 0 Å². The van der Waals surface area contributed by atoms with Crippen LogP contribution in [0.5, 0.6) is 5.75 Å². The lowest BCUT2D eigenvalue weighted by Crippen LogP contribution is -2.43. The average molecular weight is 479 g/mol. The van der Waals surface area contributed by atoms with Gasteiger partial charge in [0.25, 0.3) is 0 Å². The van der Waals surface area contributed by atoms with Gasteiger partial charge in [0.15, 0.2) is 5.60 Å². The second-order valence-corrected chi connectivity index (χ2v) is 9.63. The number of likely N-dealkylation sites (N-methyl/N-ethyl adjacent to an activating group) is 1. The molecule has 1 aliphatic rings. The van der Waals surface area contributed by atoms with Gasteiger partial charge in [-0.3, -0.25) is 0 Å². The SMILES string of the molecule is CNC1=Cc2c(CO)c(CCCN(C)C)c3ccccc3c2OC1(c1ccccc1)c1ccccc1. The Morgan fingerprint density at radius 2 is 1.39 bits per heavy atom. The summed E-state index contributed by atoms with van der Waals surface area (Å²) in [5, 5.41) is 16.3. The van der Waals surface area contributed by atoms with E-state index in [0.29, 0.717) is 0 Å². The molecule has 0 aliphatic carbocycles. The maximum atomic E-state index is 10.6. The molecule has 4 aromatic carbocycles. The van der Waals surface area contributed by atoms with Gasteiger partial charge in [0.1, 0.15) is 5.75 Å². The van der Waals surface area contributed by atoms with Crippen molar-refractivity contribution in [2.45, 2.75) is 25.0 Å². The lowest BCUT2D eigenvalue weighted by atomic mass is 9.79. The number of hydrogen-bond donors (Lipinski definition) is 2. The highest BCUT2D eigenvalue weighted by molar-refractivity contribution is 5.97. The lowest BCUT2D eigenvalue weighted by Gasteiger charge is -2.41. The smallest absolute Gasteiger partial charge is 0.198 e. The minimum atomic E-state index is -0.841. The van der Waals surface area contributed by atoms with E-state index in [1.54, 1.807) is 0 Å². The minimum absolute atomic E-state index is 0.0367. The van der Waals surface area contributed by atoms with Gasteiger partial charge in [0, 0.05) is 29.1 Å². The largest absolute Gasteiger partial charge is 0.470 e. The van der Waals surface area contributed by atoms with E-state index in [0.717, 1.165) is 63.9 Å². The fraction of sp³-hybridized carbons (Fsp3) is 0.250. The number of aliphatic hydroxyl groups excluding tert-OH is 1. The summed E-state index contributed by atoms with van der Waals surface area (Å²) in [6.07, 6.45) is 4.10. The molecule has 0 spiro atoms. The zero-order chi connectivity index (χ0) is 25.1. The van der Waals surface area contributed by atoms with Gasteiger partial charge in [0.2, 0.25) is 0 Å². The van der Waals surface area contributed by atoms with Crippen LogP contribution in [-0.4, -0.2) is 37.7 Å². The summed E-state index contributed by atoms with van der Waals surface area (Å²) >= 11 is 0. The quantitative estimate of drug-likeness (QED) is 0.340. The molecule has 0 radical (unpaired) electrons. The Hall–Kier alpha value is -3.60. The van der Waals surface area contributed by atoms with E-state index in [2.05, 4.69) is 103 Å². The number of hydrogen-bond acceptors (Lipinski definition) is 4. The fourth-order valence-electron chi connectivity index (χ4n) is 5.50. The highest BCUT2D eigenvalue weighted by atomic mass is 16.5. The molecule has 4 heteroatoms. The van der Waals surface area contributed by atoms with Gasteiger partial charge in [-0.1, -0.05) is 84.9 Å². The van der Waals surface area contributed by atoms with Crippen LogP contribution in [0.15, 0.2) is 90.6 Å². The van der Waals surface area contributed by atoms with Crippen molar-refractivity contribution in [1.82, 2.24) is 10.2 Å². The fourth-order valence-corrected chi connectivity index (χ4v) is 5.50. The highest BCUT2D eigenvalue weighted by Gasteiger charge is 2.44. The van der Waals surface area contributed by atoms with Gasteiger partial charge in [-0.05, 0) is 56.1 Å². The van der Waals surface area contributed by atoms with Crippen LogP contribution < -0.4 is 10.1 Å². The summed E-state index contributed by atoms with van der Waals surface area (Å²) < 4.78 is 7.20. The van der Waals surface area contributed by atoms with Crippen molar-refractivity contribution in [1.29, 1.82) is 0 Å². The summed E-state index contributed by atoms with van der Waals surface area (Å²) in [6, 6.07) is 29.2. The van der Waals surface area contributed by atoms with Crippen LogP contribution in [0.1, 0.15) is 34.2 Å². The highest BCUT2D eigenvalue weighted by Crippen LogP contribution is 2.50. The minimum Gasteiger partial charge on any atom is -0.470 e. The monoisotopic (exact) mass is 478 g/mol. The van der Waals surface area contributed by atoms with Crippen LogP contribution in [0.4, 0.5) is 0 Å². The van der Waals surface area contributed by atoms with E-state index in [-0.39, 0.29) is 6.61 Å². The summed E-state index contributed by atoms with van der Waals surface area (Å²) in [6.45, 7) is 0.959. The van der Waals surface area contributed by atoms with E-state index in [4.69, 9.17) is 4.74 Å². The molecule has 0 atom stereocenters. The third-order valence-corrected chi connectivity index (χ3v) is 7.17. The van der Waals surface area contributed by atoms with Crippen molar-refractivity contribution >= 4 is 16.8 Å². The number of rotatable bonds is 8. The molecule has 184 valence electrons. The molecule has 5 rings (SSSR count). The lowest BCUT2D eigenvalue weighted by molar-refractivity contribution is 0.142. The molecule has 0 unspecified atom stereocenters. The Kier molecular flexibility index (Phi) is 6.82. The summed E-state index contributed by atoms with van der Waals surface area (Å²) in [4.78, 5) is 2.20. The van der Waals surface area contributed by atoms with Gasteiger partial charge < -0.3 is 20.1 Å². The Bertz CT molecular complexity index is 1340. The van der Waals surface area contributed by atoms with E-state index in [1.807, 2.05) is 19.2 Å². The van der Waals surface area contributed by atoms with Gasteiger partial charge in [-0.25, -0.2) is 0 Å². The Labute approximate surface area is 213 Å². The summed E-state index contributed by atoms with van der Waals surface area (Å²) in [7, 11) is 6.14. The average Bonchev–Trinajstić information content (AvgIpc) is 2.93. The Morgan fingerprint density at radius 3 is 1.94 bits per heavy atom. The molecular weight excluding hydrogens is 444 g/mol. The zero-order valence-corrected chi connectivity index (χ0v) is 21.3. The molecule has 4 nitrogen and oxygen atoms in total. The first-order chi connectivity index (χ1) is 17.6. The summed E-state index contributed by atoms with van der Waals surface area (Å²) in [5.74, 6) is 0.817. The third kappa shape index (κ3) is 4.06. The normalized spacial score (nSPS) is 14.3. The van der Waals surface area contributed by atoms with E-state index in [9.17, 15) is 5.11 Å². The van der Waals surface area contributed by atoms with E-state index < -0.39 is 5.60 Å². The van der Waals surface area contributed by atoms with Crippen molar-refractivity contribution < 1.29 is 9.84 Å². The van der Waals surface area contributed by atoms with Gasteiger partial charge in [-0.15, -0.1) is 0 Å². The van der Waals surface area contributed by atoms with Crippen LogP contribution >= 0.6 is 0 Å². The predicted molar refractivity (Wildman–Crippen MR) is 148 cm³/mol. The maximum Gasteiger partial charge on any atom is 0.198 e. The Morgan fingerprint density at radius 1 is 0.806 bits per heavy atom. The van der Waals surface area contributed by atoms with Gasteiger partial charge in [-0.2, -0.15) is 0 Å². The molecule has 0 saturated carbocycles. The first-order valence-electron chi connectivity index (χ1n) is 12.6. The molecule has 36 heavy (non-hydrogen) atoms. The number of benzene rings is 4. The number of nitrogens with zero attached hydrogens (tertiary/aromatic N) is 1. The van der Waals surface area contributed by atoms with Crippen LogP contribution in [0.2, 0.25) is 0 Å². The Balaban J connectivity index is 1.80. The van der Waals surface area contributed by atoms with Crippen LogP contribution in [0.3, 0.4) is 0 Å². The maximum absolute atomic E-state index is 10.6. The second kappa shape index (κ2) is 10.2. The molecule has 0 aromatic heterocycles. The topological polar surface area (TPSA) is 44.7 Å². The second-order valence-electron chi connectivity index (χ2n) is 9.63. The van der Waals surface area contributed by atoms with E-state index in [1.165, 1.54) is 5.56 Å². The molecule has 0 fully saturated rings. The molecule has 2 N–H and O–H groups in total. The van der Waals surface area contributed by atoms with E-state index >= 15 is 0 Å². The van der Waals surface area contributed by atoms with Crippen LogP contribution in [0, 0.1) is 0 Å². The van der Waals surface area contributed by atoms with Crippen molar-refractivity contribution in [2.24, 2.45) is 0 Å². The van der Waals surface area contributed by atoms with Crippen molar-refractivity contribution in [3.8, 4) is 5.75 Å². The van der Waals surface area contributed by atoms with Gasteiger partial charge >= 0.3 is 0 Å². The molecular formula is C32H34N2O2. The zero-order valence-electron chi connectivity index (χ0n) is 21.3. The molecule has 0 bridgehead atoms. The first kappa shape index (κ1) is 24.1. The number of aryl methyl sites for hydroxylation is 1. The molecule has 0 saturated heterocycles. The number of aliphatic hydroxyl groups is 1. The standard InChI is InChI=1S/C32H34N2O2/c1-33-30-21-28-29(22-35)26(19-12-20-34(2)3)25-17-10-11-18-27(25)31(28)36-32(30,23-13-6-4-7-14-23)24-15-8-5-9-16-24/h4-11,13-18,21,33,35H,12,19-20,22H2,1-3H3. The molecule has 1 heterocycles. The first-order valence-corrected chi connectivity index (χ1v) is 12.6. The van der Waals surface area contributed by atoms with Crippen LogP contribution in [0.25, 0.3) is 16.8 Å². The number of nitrogens with one attached hydrogen (secondary N) is 1. The van der Waals surface area contributed by atoms with Crippen molar-refractivity contribution in [3.05, 3.63) is 118 Å². The van der Waals surface area contributed by atoms with Crippen LogP contribution in [-0.2, 0) is 18.6 Å². The number of fused-ring (bicyclic) bond motifs is 3. The molecule has 1 aliphatic heterocycles. The molecule has 4 aromatic rings. The van der Waals surface area contributed by atoms with Crippen molar-refractivity contribution in [2.75, 3.05) is 27.7 Å². The van der Waals surface area contributed by atoms with Gasteiger partial charge in [0.05, 0.1) is 12.3 Å². The third-order valence-electron chi connectivity index (χ3n) is 7.17. The predicted octanol–water partition coefficient (Wildman–Crippen LogP) is 5.72. The number of ether oxygens (including phenoxy) is 1.